The summed E-state index contributed by atoms with van der Waals surface area (Å²) in [6.07, 6.45) is 11.9. The summed E-state index contributed by atoms with van der Waals surface area (Å²) in [5.41, 5.74) is 0. The smallest absolute Gasteiger partial charge is 0.306 e. The first-order valence-electron chi connectivity index (χ1n) is 9.49. The molecule has 0 radical (unpaired) electrons. The van der Waals surface area contributed by atoms with Crippen LogP contribution in [0.3, 0.4) is 0 Å². The molecule has 4 nitrogen and oxygen atoms in total. The van der Waals surface area contributed by atoms with Crippen LogP contribution in [0.2, 0.25) is 36.3 Å². The van der Waals surface area contributed by atoms with Crippen molar-refractivity contribution >= 4 is 16.6 Å². The van der Waals surface area contributed by atoms with Gasteiger partial charge in [-0.1, -0.05) is 36.5 Å². The molecule has 1 aromatic heterocycles. The predicted molar refractivity (Wildman–Crippen MR) is 125 cm³/mol. The molecule has 0 N–H and O–H groups in total. The monoisotopic (exact) mass is 430 g/mol. The van der Waals surface area contributed by atoms with E-state index in [1.54, 1.807) is 18.2 Å². The van der Waals surface area contributed by atoms with Gasteiger partial charge in [0.2, 0.25) is 11.7 Å². The average Bonchev–Trinajstić information content (AvgIpc) is 2.66. The maximum Gasteiger partial charge on any atom is 0.306 e. The van der Waals surface area contributed by atoms with Gasteiger partial charge in [-0.05, 0) is 36.3 Å². The van der Waals surface area contributed by atoms with E-state index in [1.165, 1.54) is 0 Å². The second kappa shape index (κ2) is 12.1. The van der Waals surface area contributed by atoms with Crippen LogP contribution in [-0.2, 0) is 0 Å². The molecule has 156 valence electrons. The second-order valence-electron chi connectivity index (χ2n) is 6.83. The fourth-order valence-corrected chi connectivity index (χ4v) is 8.88. The highest BCUT2D eigenvalue weighted by Gasteiger charge is 2.37. The molecule has 0 saturated carbocycles. The average molecular weight is 431 g/mol. The lowest BCUT2D eigenvalue weighted by atomic mass is 10.6. The van der Waals surface area contributed by atoms with E-state index in [9.17, 15) is 4.39 Å². The van der Waals surface area contributed by atoms with Gasteiger partial charge in [0.05, 0.1) is 6.20 Å². The molecule has 0 aliphatic rings. The number of hydrogen-bond donors (Lipinski definition) is 0. The molecule has 1 heterocycles. The van der Waals surface area contributed by atoms with E-state index in [2.05, 4.69) is 49.4 Å². The summed E-state index contributed by atoms with van der Waals surface area (Å²) in [4.78, 5) is 8.31. The van der Waals surface area contributed by atoms with Gasteiger partial charge in [0.15, 0.2) is 0 Å². The quantitative estimate of drug-likeness (QED) is 0.225. The lowest BCUT2D eigenvalue weighted by molar-refractivity contribution is 0.430. The zero-order chi connectivity index (χ0) is 21.8. The third-order valence-electron chi connectivity index (χ3n) is 4.41. The lowest BCUT2D eigenvalue weighted by Crippen LogP contribution is -2.42. The Kier molecular flexibility index (Phi) is 10.3. The molecule has 0 unspecified atom stereocenters. The Labute approximate surface area is 176 Å². The molecule has 1 aromatic rings. The van der Waals surface area contributed by atoms with E-state index < -0.39 is 22.5 Å². The molecule has 0 amide bonds. The molecule has 0 atom stereocenters. The Bertz CT molecular complexity index is 699. The van der Waals surface area contributed by atoms with Crippen LogP contribution in [0.5, 0.6) is 11.9 Å². The van der Waals surface area contributed by atoms with Gasteiger partial charge in [-0.25, -0.2) is 4.98 Å². The fraction of sp³-hybridized carbons (Fsp3) is 0.273. The van der Waals surface area contributed by atoms with Crippen molar-refractivity contribution in [3.8, 4) is 11.9 Å². The highest BCUT2D eigenvalue weighted by Crippen LogP contribution is 2.30. The van der Waals surface area contributed by atoms with Crippen molar-refractivity contribution in [2.24, 2.45) is 0 Å². The number of allylic oxidation sites excluding steroid dienone is 6. The van der Waals surface area contributed by atoms with Crippen molar-refractivity contribution in [3.05, 3.63) is 87.9 Å². The van der Waals surface area contributed by atoms with Crippen molar-refractivity contribution in [2.45, 2.75) is 36.3 Å². The van der Waals surface area contributed by atoms with Gasteiger partial charge >= 0.3 is 6.01 Å². The summed E-state index contributed by atoms with van der Waals surface area (Å²) in [5.74, 6) is -0.735. The third-order valence-corrected chi connectivity index (χ3v) is 11.8. The Morgan fingerprint density at radius 3 is 1.48 bits per heavy atom. The van der Waals surface area contributed by atoms with Crippen molar-refractivity contribution in [1.29, 1.82) is 0 Å². The van der Waals surface area contributed by atoms with Crippen LogP contribution in [0, 0.1) is 5.82 Å². The van der Waals surface area contributed by atoms with E-state index in [4.69, 9.17) is 8.85 Å². The Morgan fingerprint density at radius 2 is 1.10 bits per heavy atom. The zero-order valence-electron chi connectivity index (χ0n) is 17.1. The minimum absolute atomic E-state index is 0.0947. The molecule has 1 rings (SSSR count). The van der Waals surface area contributed by atoms with Crippen molar-refractivity contribution in [1.82, 2.24) is 9.97 Å². The van der Waals surface area contributed by atoms with E-state index in [0.29, 0.717) is 36.3 Å². The van der Waals surface area contributed by atoms with Crippen LogP contribution >= 0.6 is 0 Å². The molecule has 29 heavy (non-hydrogen) atoms. The minimum Gasteiger partial charge on any atom is -0.527 e. The minimum atomic E-state index is -2.47. The molecule has 0 aromatic carbocycles. The normalized spacial score (nSPS) is 11.2. The molecule has 0 spiro atoms. The Hall–Kier alpha value is -2.52. The number of nitrogens with zero attached hydrogens (tertiary/aromatic N) is 2. The van der Waals surface area contributed by atoms with Gasteiger partial charge in [-0.3, -0.25) is 0 Å². The number of hydrogen-bond acceptors (Lipinski definition) is 4. The van der Waals surface area contributed by atoms with Crippen LogP contribution in [0.1, 0.15) is 0 Å². The zero-order valence-corrected chi connectivity index (χ0v) is 19.1. The molecule has 0 saturated heterocycles. The Balaban J connectivity index is 3.30. The van der Waals surface area contributed by atoms with E-state index >= 15 is 0 Å². The van der Waals surface area contributed by atoms with Crippen LogP contribution in [-0.4, -0.2) is 26.6 Å². The second-order valence-corrected chi connectivity index (χ2v) is 14.4. The van der Waals surface area contributed by atoms with Crippen molar-refractivity contribution < 1.29 is 13.2 Å². The van der Waals surface area contributed by atoms with Crippen LogP contribution in [0.15, 0.2) is 82.1 Å². The number of halogens is 1. The summed E-state index contributed by atoms with van der Waals surface area (Å²) in [7, 11) is -4.85. The molecular weight excluding hydrogens is 399 g/mol. The Morgan fingerprint density at radius 1 is 0.724 bits per heavy atom. The van der Waals surface area contributed by atoms with E-state index in [-0.39, 0.29) is 11.9 Å². The van der Waals surface area contributed by atoms with Gasteiger partial charge in [0.25, 0.3) is 16.6 Å². The van der Waals surface area contributed by atoms with E-state index in [1.807, 2.05) is 18.2 Å². The standard InChI is InChI=1S/C22H31FN2O2Si2/c1-7-13-28(14-8-2,15-9-3)26-21-20(23)19-24-22(25-21)27-29(16-10-4,17-11-5)18-12-6/h7-12,19H,1-6,13-18H2. The summed E-state index contributed by atoms with van der Waals surface area (Å²) in [6.45, 7) is 22.9. The van der Waals surface area contributed by atoms with Crippen molar-refractivity contribution in [2.75, 3.05) is 0 Å². The maximum absolute atomic E-state index is 14.5. The van der Waals surface area contributed by atoms with Gasteiger partial charge < -0.3 is 8.85 Å². The fourth-order valence-electron chi connectivity index (χ4n) is 3.18. The van der Waals surface area contributed by atoms with Crippen molar-refractivity contribution in [3.63, 3.8) is 0 Å². The third kappa shape index (κ3) is 7.10. The van der Waals surface area contributed by atoms with Gasteiger partial charge in [0, 0.05) is 0 Å². The van der Waals surface area contributed by atoms with Crippen LogP contribution < -0.4 is 8.85 Å². The highest BCUT2D eigenvalue weighted by molar-refractivity contribution is 6.76. The topological polar surface area (TPSA) is 44.2 Å². The lowest BCUT2D eigenvalue weighted by Gasteiger charge is -2.30. The summed E-state index contributed by atoms with van der Waals surface area (Å²) in [5, 5.41) is 0. The van der Waals surface area contributed by atoms with Gasteiger partial charge in [-0.2, -0.15) is 9.37 Å². The SMILES string of the molecule is C=CC[Si](CC=C)(CC=C)Oc1ncc(F)c(O[Si](CC=C)(CC=C)CC=C)n1. The van der Waals surface area contributed by atoms with Gasteiger partial charge in [-0.15, -0.1) is 39.5 Å². The number of aromatic nitrogens is 2. The molecule has 0 aliphatic carbocycles. The molecule has 0 fully saturated rings. The largest absolute Gasteiger partial charge is 0.527 e. The predicted octanol–water partition coefficient (Wildman–Crippen LogP) is 6.38. The van der Waals surface area contributed by atoms with Crippen LogP contribution in [0.25, 0.3) is 0 Å². The summed E-state index contributed by atoms with van der Waals surface area (Å²) in [6, 6.07) is 3.96. The molecular formula is C22H31FN2O2Si2. The van der Waals surface area contributed by atoms with E-state index in [0.717, 1.165) is 6.20 Å². The van der Waals surface area contributed by atoms with Gasteiger partial charge in [0.1, 0.15) is 0 Å². The molecule has 7 heteroatoms. The summed E-state index contributed by atoms with van der Waals surface area (Å²) >= 11 is 0. The number of rotatable bonds is 16. The summed E-state index contributed by atoms with van der Waals surface area (Å²) < 4.78 is 26.9. The van der Waals surface area contributed by atoms with Crippen LogP contribution in [0.4, 0.5) is 4.39 Å². The molecule has 0 bridgehead atoms. The first-order chi connectivity index (χ1) is 13.9. The first-order valence-corrected chi connectivity index (χ1v) is 14.6. The first kappa shape index (κ1) is 24.5. The highest BCUT2D eigenvalue weighted by atomic mass is 28.4. The molecule has 0 aliphatic heterocycles. The maximum atomic E-state index is 14.5.